The smallest absolute Gasteiger partial charge is 0.271 e. The fourth-order valence-corrected chi connectivity index (χ4v) is 0.739. The van der Waals surface area contributed by atoms with Crippen molar-refractivity contribution >= 4 is 15.7 Å². The number of hydrogen-bond donors (Lipinski definition) is 1. The first kappa shape index (κ1) is 10.7. The van der Waals surface area contributed by atoms with Crippen LogP contribution in [0.5, 0.6) is 0 Å². The van der Waals surface area contributed by atoms with Crippen LogP contribution in [-0.2, 0) is 9.84 Å². The minimum absolute atomic E-state index is 0.903. The molecule has 0 aromatic heterocycles. The van der Waals surface area contributed by atoms with Gasteiger partial charge in [0.1, 0.15) is 0 Å². The zero-order valence-corrected chi connectivity index (χ0v) is 6.12. The van der Waals surface area contributed by atoms with Crippen molar-refractivity contribution in [2.75, 3.05) is 0 Å². The molecule has 0 bridgehead atoms. The molecule has 0 heterocycles. The van der Waals surface area contributed by atoms with Crippen LogP contribution in [0.4, 0.5) is 13.2 Å². The Morgan fingerprint density at radius 2 is 1.92 bits per heavy atom. The van der Waals surface area contributed by atoms with Crippen molar-refractivity contribution in [1.29, 1.82) is 5.41 Å². The average Bonchev–Trinajstić information content (AvgIpc) is 1.87. The summed E-state index contributed by atoms with van der Waals surface area (Å²) in [5.74, 6) is 0.903. The largest absolute Gasteiger partial charge is 0.493 e. The Balaban J connectivity index is 5.50. The molecule has 66 valence electrons. The van der Waals surface area contributed by atoms with E-state index in [0.29, 0.717) is 0 Å². The van der Waals surface area contributed by atoms with Gasteiger partial charge in [-0.25, -0.2) is 13.3 Å². The highest BCUT2D eigenvalue weighted by Gasteiger charge is 2.49. The highest BCUT2D eigenvalue weighted by Crippen LogP contribution is 2.28. The normalized spacial score (nSPS) is 11.5. The van der Waals surface area contributed by atoms with Crippen LogP contribution >= 0.6 is 0 Å². The molecule has 0 saturated carbocycles. The van der Waals surface area contributed by atoms with Gasteiger partial charge in [-0.05, 0) is 5.87 Å². The lowest BCUT2D eigenvalue weighted by atomic mass is 11.0. The molecule has 1 N–H and O–H groups in total. The lowest BCUT2D eigenvalue weighted by Gasteiger charge is -2.03. The Hall–Kier alpha value is -1.32. The van der Waals surface area contributed by atoms with Crippen molar-refractivity contribution < 1.29 is 21.6 Å². The second-order valence-electron chi connectivity index (χ2n) is 1.49. The first-order valence-electron chi connectivity index (χ1n) is 2.26. The summed E-state index contributed by atoms with van der Waals surface area (Å²) in [6.45, 7) is 6.02. The quantitative estimate of drug-likeness (QED) is 0.503. The number of nitrogens with zero attached hydrogens (tertiary/aromatic N) is 1. The standard InChI is InChI=1S/C4HF3N2O2S/c1-9-3(2-8)12(10,11)4(5,6)7/h8H. The lowest BCUT2D eigenvalue weighted by Crippen LogP contribution is -2.23. The molecule has 12 heavy (non-hydrogen) atoms. The van der Waals surface area contributed by atoms with Crippen LogP contribution < -0.4 is 0 Å². The summed E-state index contributed by atoms with van der Waals surface area (Å²) in [5, 5.41) is 4.36. The van der Waals surface area contributed by atoms with Gasteiger partial charge in [-0.1, -0.05) is 0 Å². The van der Waals surface area contributed by atoms with Gasteiger partial charge in [-0.2, -0.15) is 13.2 Å². The van der Waals surface area contributed by atoms with E-state index in [0.717, 1.165) is 5.87 Å². The van der Waals surface area contributed by atoms with Gasteiger partial charge < -0.3 is 0 Å². The molecule has 0 aliphatic heterocycles. The summed E-state index contributed by atoms with van der Waals surface area (Å²) in [6, 6.07) is 0. The molecular weight excluding hydrogens is 197 g/mol. The van der Waals surface area contributed by atoms with Crippen molar-refractivity contribution in [3.8, 4) is 0 Å². The molecular formula is C4HF3N2O2S. The summed E-state index contributed by atoms with van der Waals surface area (Å²) in [7, 11) is -5.67. The molecule has 0 radical (unpaired) electrons. The fraction of sp³-hybridized carbons (Fsp3) is 0.250. The minimum Gasteiger partial charge on any atom is -0.271 e. The summed E-state index contributed by atoms with van der Waals surface area (Å²) in [5.41, 5.74) is -5.54. The molecule has 0 rings (SSSR count). The Labute approximate surface area is 65.6 Å². The molecule has 0 atom stereocenters. The molecule has 0 fully saturated rings. The van der Waals surface area contributed by atoms with Gasteiger partial charge in [0, 0.05) is 0 Å². The average molecular weight is 198 g/mol. The topological polar surface area (TPSA) is 62.4 Å². The van der Waals surface area contributed by atoms with Crippen LogP contribution in [-0.4, -0.2) is 19.8 Å². The molecule has 0 amide bonds. The predicted octanol–water partition coefficient (Wildman–Crippen LogP) is 0.930. The molecule has 0 aliphatic rings. The maximum atomic E-state index is 11.6. The first-order chi connectivity index (χ1) is 5.27. The van der Waals surface area contributed by atoms with E-state index < -0.39 is 20.4 Å². The van der Waals surface area contributed by atoms with Crippen LogP contribution in [0.3, 0.4) is 0 Å². The Morgan fingerprint density at radius 3 is 2.00 bits per heavy atom. The summed E-state index contributed by atoms with van der Waals surface area (Å²) in [6.07, 6.45) is 0. The van der Waals surface area contributed by atoms with Crippen molar-refractivity contribution in [2.45, 2.75) is 5.51 Å². The van der Waals surface area contributed by atoms with E-state index in [1.807, 2.05) is 4.85 Å². The van der Waals surface area contributed by atoms with Gasteiger partial charge in [0.2, 0.25) is 0 Å². The number of hydrogen-bond acceptors (Lipinski definition) is 3. The molecule has 0 aromatic carbocycles. The number of halogens is 3. The molecule has 0 spiro atoms. The number of rotatable bonds is 1. The van der Waals surface area contributed by atoms with Crippen LogP contribution in [0.25, 0.3) is 4.85 Å². The third-order valence-corrected chi connectivity index (χ3v) is 2.08. The Kier molecular flexibility index (Phi) is 2.64. The minimum atomic E-state index is -5.67. The maximum Gasteiger partial charge on any atom is 0.493 e. The number of sulfone groups is 1. The Bertz CT molecular complexity index is 368. The summed E-state index contributed by atoms with van der Waals surface area (Å²) in [4.78, 5) is 2.00. The van der Waals surface area contributed by atoms with Crippen molar-refractivity contribution in [1.82, 2.24) is 0 Å². The van der Waals surface area contributed by atoms with Gasteiger partial charge in [0.25, 0.3) is 9.84 Å². The Morgan fingerprint density at radius 1 is 1.50 bits per heavy atom. The summed E-state index contributed by atoms with van der Waals surface area (Å²) >= 11 is 0. The molecule has 0 unspecified atom stereocenters. The van der Waals surface area contributed by atoms with Crippen LogP contribution in [0.2, 0.25) is 0 Å². The predicted molar refractivity (Wildman–Crippen MR) is 32.8 cm³/mol. The van der Waals surface area contributed by atoms with E-state index in [1.54, 1.807) is 0 Å². The number of alkyl halides is 3. The monoisotopic (exact) mass is 198 g/mol. The second-order valence-corrected chi connectivity index (χ2v) is 3.35. The van der Waals surface area contributed by atoms with Gasteiger partial charge in [-0.3, -0.25) is 5.41 Å². The van der Waals surface area contributed by atoms with Crippen LogP contribution in [0.15, 0.2) is 5.03 Å². The van der Waals surface area contributed by atoms with E-state index in [9.17, 15) is 21.6 Å². The fourth-order valence-electron chi connectivity index (χ4n) is 0.265. The van der Waals surface area contributed by atoms with Gasteiger partial charge >= 0.3 is 10.5 Å². The zero-order valence-electron chi connectivity index (χ0n) is 5.31. The highest BCUT2D eigenvalue weighted by atomic mass is 32.2. The van der Waals surface area contributed by atoms with E-state index in [2.05, 4.69) is 0 Å². The third kappa shape index (κ3) is 1.64. The molecule has 0 aromatic rings. The van der Waals surface area contributed by atoms with Crippen molar-refractivity contribution in [3.05, 3.63) is 16.4 Å². The lowest BCUT2D eigenvalue weighted by molar-refractivity contribution is -0.0425. The first-order valence-corrected chi connectivity index (χ1v) is 3.74. The van der Waals surface area contributed by atoms with E-state index in [1.165, 1.54) is 0 Å². The van der Waals surface area contributed by atoms with Crippen molar-refractivity contribution in [3.63, 3.8) is 0 Å². The van der Waals surface area contributed by atoms with Gasteiger partial charge in [-0.15, -0.1) is 0 Å². The van der Waals surface area contributed by atoms with Crippen LogP contribution in [0.1, 0.15) is 0 Å². The summed E-state index contributed by atoms with van der Waals surface area (Å²) < 4.78 is 55.3. The zero-order chi connectivity index (χ0) is 9.99. The molecule has 4 nitrogen and oxygen atoms in total. The molecule has 0 saturated heterocycles. The van der Waals surface area contributed by atoms with E-state index >= 15 is 0 Å². The number of nitrogens with one attached hydrogen (secondary N) is 1. The van der Waals surface area contributed by atoms with Crippen LogP contribution in [0, 0.1) is 12.0 Å². The van der Waals surface area contributed by atoms with Crippen molar-refractivity contribution in [2.24, 2.45) is 0 Å². The maximum absolute atomic E-state index is 11.6. The molecule has 0 aliphatic carbocycles. The highest BCUT2D eigenvalue weighted by molar-refractivity contribution is 7.96. The molecule has 8 heteroatoms. The van der Waals surface area contributed by atoms with E-state index in [-0.39, 0.29) is 0 Å². The van der Waals surface area contributed by atoms with Gasteiger partial charge in [0.05, 0.1) is 6.57 Å². The van der Waals surface area contributed by atoms with Gasteiger partial charge in [0.15, 0.2) is 0 Å². The van der Waals surface area contributed by atoms with E-state index in [4.69, 9.17) is 12.0 Å². The second kappa shape index (κ2) is 2.97. The SMILES string of the molecule is [C-]#[N+]C(=C=N)S(=O)(=O)C(F)(F)F. The third-order valence-electron chi connectivity index (χ3n) is 0.768.